The number of nitrogens with one attached hydrogen (secondary N) is 1. The van der Waals surface area contributed by atoms with Crippen LogP contribution in [-0.2, 0) is 14.3 Å². The Kier molecular flexibility index (Phi) is 68.4. The molecule has 80 heavy (non-hydrogen) atoms. The van der Waals surface area contributed by atoms with Gasteiger partial charge in [0.2, 0.25) is 5.91 Å². The van der Waals surface area contributed by atoms with Crippen LogP contribution in [0.3, 0.4) is 0 Å². The topological polar surface area (TPSA) is 95.9 Å². The molecule has 6 heteroatoms. The van der Waals surface area contributed by atoms with Gasteiger partial charge >= 0.3 is 5.97 Å². The van der Waals surface area contributed by atoms with E-state index in [-0.39, 0.29) is 18.5 Å². The molecule has 0 spiro atoms. The van der Waals surface area contributed by atoms with E-state index < -0.39 is 12.1 Å². The van der Waals surface area contributed by atoms with Crippen molar-refractivity contribution in [2.75, 3.05) is 13.2 Å². The molecule has 0 fully saturated rings. The maximum absolute atomic E-state index is 12.4. The highest BCUT2D eigenvalue weighted by atomic mass is 16.5. The fourth-order valence-corrected chi connectivity index (χ4v) is 11.6. The minimum atomic E-state index is -0.839. The Labute approximate surface area is 501 Å². The van der Waals surface area contributed by atoms with E-state index in [4.69, 9.17) is 4.74 Å². The number of hydrogen-bond acceptors (Lipinski definition) is 5. The van der Waals surface area contributed by atoms with Gasteiger partial charge in [0.25, 0.3) is 0 Å². The largest absolute Gasteiger partial charge is 0.466 e. The second kappa shape index (κ2) is 69.8. The molecule has 0 saturated heterocycles. The van der Waals surface area contributed by atoms with Crippen molar-refractivity contribution in [2.45, 2.75) is 424 Å². The molecule has 0 aliphatic heterocycles. The molecule has 2 unspecified atom stereocenters. The quantitative estimate of drug-likeness (QED) is 0.0320. The van der Waals surface area contributed by atoms with Crippen LogP contribution in [-0.4, -0.2) is 47.4 Å². The average Bonchev–Trinajstić information content (AvgIpc) is 3.46. The molecule has 0 bridgehead atoms. The molecule has 0 aromatic carbocycles. The Bertz CT molecular complexity index is 1250. The third-order valence-electron chi connectivity index (χ3n) is 17.2. The van der Waals surface area contributed by atoms with E-state index in [0.29, 0.717) is 19.4 Å². The molecular weight excluding hydrogens is 983 g/mol. The molecule has 6 nitrogen and oxygen atoms in total. The van der Waals surface area contributed by atoms with Gasteiger partial charge in [0.15, 0.2) is 0 Å². The first kappa shape index (κ1) is 78.3. The zero-order chi connectivity index (χ0) is 57.8. The minimum Gasteiger partial charge on any atom is -0.466 e. The highest BCUT2D eigenvalue weighted by Gasteiger charge is 2.18. The highest BCUT2D eigenvalue weighted by Crippen LogP contribution is 2.19. The van der Waals surface area contributed by atoms with Crippen LogP contribution in [0.25, 0.3) is 0 Å². The van der Waals surface area contributed by atoms with Crippen LogP contribution in [0.4, 0.5) is 0 Å². The first-order valence-electron chi connectivity index (χ1n) is 36.6. The van der Waals surface area contributed by atoms with Crippen molar-refractivity contribution in [2.24, 2.45) is 0 Å². The minimum absolute atomic E-state index is 0.0258. The number of ether oxygens (including phenoxy) is 1. The summed E-state index contributed by atoms with van der Waals surface area (Å²) in [5.41, 5.74) is 0. The Morgan fingerprint density at radius 3 is 0.887 bits per heavy atom. The van der Waals surface area contributed by atoms with Gasteiger partial charge in [0.1, 0.15) is 0 Å². The van der Waals surface area contributed by atoms with E-state index in [2.05, 4.69) is 31.3 Å². The fraction of sp³-hybridized carbons (Fsp3) is 0.919. The van der Waals surface area contributed by atoms with Gasteiger partial charge in [-0.15, -0.1) is 0 Å². The van der Waals surface area contributed by atoms with Crippen molar-refractivity contribution in [1.29, 1.82) is 0 Å². The molecule has 0 aliphatic carbocycles. The summed E-state index contributed by atoms with van der Waals surface area (Å²) in [6.45, 7) is 4.91. The number of carbonyl (C=O) groups excluding carboxylic acids is 2. The number of aliphatic hydroxyl groups excluding tert-OH is 2. The van der Waals surface area contributed by atoms with Gasteiger partial charge in [-0.05, 0) is 57.8 Å². The summed E-state index contributed by atoms with van der Waals surface area (Å²) in [5.74, 6) is -0.0392. The summed E-state index contributed by atoms with van der Waals surface area (Å²) in [6.07, 6.45) is 88.7. The van der Waals surface area contributed by atoms with Crippen LogP contribution < -0.4 is 5.32 Å². The number of carbonyl (C=O) groups is 2. The van der Waals surface area contributed by atoms with Crippen molar-refractivity contribution in [3.63, 3.8) is 0 Å². The summed E-state index contributed by atoms with van der Waals surface area (Å²) in [6, 6.07) is -0.622. The lowest BCUT2D eigenvalue weighted by Crippen LogP contribution is -2.45. The van der Waals surface area contributed by atoms with Crippen molar-refractivity contribution in [3.05, 3.63) is 24.3 Å². The number of amides is 1. The molecule has 1 amide bonds. The number of esters is 1. The SMILES string of the molecule is CCCCCCCCC/C=C/C(O)C(CO)NC(=O)CCCCCCCCCCCCCCCCCCC/C=C\CCCCCCCCCCCCCCCCCCOC(=O)CCCCCCCCCCCCCCCCCCC. The lowest BCUT2D eigenvalue weighted by Gasteiger charge is -2.20. The van der Waals surface area contributed by atoms with Crippen LogP contribution in [0.5, 0.6) is 0 Å². The molecule has 2 atom stereocenters. The van der Waals surface area contributed by atoms with Gasteiger partial charge in [-0.3, -0.25) is 9.59 Å². The van der Waals surface area contributed by atoms with E-state index in [1.807, 2.05) is 6.08 Å². The zero-order valence-electron chi connectivity index (χ0n) is 54.3. The second-order valence-electron chi connectivity index (χ2n) is 25.3. The Morgan fingerprint density at radius 1 is 0.338 bits per heavy atom. The zero-order valence-corrected chi connectivity index (χ0v) is 54.3. The van der Waals surface area contributed by atoms with Crippen molar-refractivity contribution >= 4 is 11.9 Å². The first-order chi connectivity index (χ1) is 39.5. The molecule has 474 valence electrons. The van der Waals surface area contributed by atoms with Gasteiger partial charge in [-0.1, -0.05) is 366 Å². The molecule has 0 aromatic rings. The summed E-state index contributed by atoms with van der Waals surface area (Å²) < 4.78 is 5.51. The number of allylic oxidation sites excluding steroid dienone is 3. The first-order valence-corrected chi connectivity index (χ1v) is 36.6. The van der Waals surface area contributed by atoms with Crippen molar-refractivity contribution in [1.82, 2.24) is 5.32 Å². The van der Waals surface area contributed by atoms with E-state index >= 15 is 0 Å². The van der Waals surface area contributed by atoms with Crippen LogP contribution in [0.15, 0.2) is 24.3 Å². The lowest BCUT2D eigenvalue weighted by atomic mass is 10.0. The normalized spacial score (nSPS) is 12.6. The van der Waals surface area contributed by atoms with E-state index in [1.54, 1.807) is 6.08 Å². The number of aliphatic hydroxyl groups is 2. The summed E-state index contributed by atoms with van der Waals surface area (Å²) in [7, 11) is 0. The molecule has 0 heterocycles. The molecule has 0 aromatic heterocycles. The molecule has 0 rings (SSSR count). The number of rotatable bonds is 69. The Balaban J connectivity index is 3.29. The maximum atomic E-state index is 12.4. The van der Waals surface area contributed by atoms with Gasteiger partial charge in [-0.2, -0.15) is 0 Å². The summed E-state index contributed by atoms with van der Waals surface area (Å²) in [5, 5.41) is 23.0. The maximum Gasteiger partial charge on any atom is 0.305 e. The van der Waals surface area contributed by atoms with Gasteiger partial charge in [-0.25, -0.2) is 0 Å². The van der Waals surface area contributed by atoms with Crippen molar-refractivity contribution < 1.29 is 24.5 Å². The average molecular weight is 1130 g/mol. The Hall–Kier alpha value is -1.66. The third kappa shape index (κ3) is 65.5. The lowest BCUT2D eigenvalue weighted by molar-refractivity contribution is -0.143. The van der Waals surface area contributed by atoms with Gasteiger partial charge < -0.3 is 20.3 Å². The van der Waals surface area contributed by atoms with E-state index in [1.165, 1.54) is 347 Å². The fourth-order valence-electron chi connectivity index (χ4n) is 11.6. The molecule has 3 N–H and O–H groups in total. The van der Waals surface area contributed by atoms with Crippen LogP contribution in [0.1, 0.15) is 412 Å². The van der Waals surface area contributed by atoms with Crippen molar-refractivity contribution in [3.8, 4) is 0 Å². The van der Waals surface area contributed by atoms with Crippen LogP contribution in [0.2, 0.25) is 0 Å². The van der Waals surface area contributed by atoms with Gasteiger partial charge in [0.05, 0.1) is 25.4 Å². The molecule has 0 aliphatic rings. The number of unbranched alkanes of at least 4 members (excludes halogenated alkanes) is 56. The third-order valence-corrected chi connectivity index (χ3v) is 17.2. The molecular formula is C74H143NO5. The summed E-state index contributed by atoms with van der Waals surface area (Å²) in [4.78, 5) is 24.5. The van der Waals surface area contributed by atoms with Crippen LogP contribution >= 0.6 is 0 Å². The molecule has 0 saturated carbocycles. The monoisotopic (exact) mass is 1130 g/mol. The van der Waals surface area contributed by atoms with Gasteiger partial charge in [0, 0.05) is 12.8 Å². The predicted octanol–water partition coefficient (Wildman–Crippen LogP) is 23.7. The smallest absolute Gasteiger partial charge is 0.305 e. The number of hydrogen-bond donors (Lipinski definition) is 3. The predicted molar refractivity (Wildman–Crippen MR) is 352 cm³/mol. The highest BCUT2D eigenvalue weighted by molar-refractivity contribution is 5.76. The molecule has 0 radical (unpaired) electrons. The van der Waals surface area contributed by atoms with E-state index in [9.17, 15) is 19.8 Å². The second-order valence-corrected chi connectivity index (χ2v) is 25.3. The Morgan fingerprint density at radius 2 is 0.588 bits per heavy atom. The standard InChI is InChI=1S/C74H143NO5/c1-3-5-7-9-11-13-14-15-16-38-42-45-48-52-56-60-64-68-74(79)80-69-65-61-57-53-49-46-43-40-37-35-33-31-29-27-25-23-21-19-17-18-20-22-24-26-28-30-32-34-36-39-41-44-47-51-55-59-63-67-73(78)75-71(70-76)72(77)66-62-58-54-50-12-10-8-6-4-2/h17,19,62,66,71-72,76-77H,3-16,18,20-61,63-65,67-70H2,1-2H3,(H,75,78)/b19-17-,66-62+. The van der Waals surface area contributed by atoms with Crippen LogP contribution in [0, 0.1) is 0 Å². The summed E-state index contributed by atoms with van der Waals surface area (Å²) >= 11 is 0. The van der Waals surface area contributed by atoms with E-state index in [0.717, 1.165) is 38.5 Å².